The van der Waals surface area contributed by atoms with Crippen molar-refractivity contribution in [1.82, 2.24) is 15.1 Å². The zero-order valence-electron chi connectivity index (χ0n) is 11.3. The maximum Gasteiger partial charge on any atom is 0.411 e. The highest BCUT2D eigenvalue weighted by molar-refractivity contribution is 5.71. The molecule has 1 aliphatic heterocycles. The van der Waals surface area contributed by atoms with Gasteiger partial charge in [-0.25, -0.2) is 4.79 Å². The summed E-state index contributed by atoms with van der Waals surface area (Å²) < 4.78 is 5.41. The topological polar surface area (TPSA) is 84.2 Å². The van der Waals surface area contributed by atoms with Crippen molar-refractivity contribution in [2.75, 3.05) is 5.73 Å². The SMILES string of the molecule is CC[C@@H]1c2[nH]nc(N)c2CN1C(=O)OC(C)(C)C. The monoisotopic (exact) mass is 252 g/mol. The van der Waals surface area contributed by atoms with Gasteiger partial charge >= 0.3 is 6.09 Å². The maximum atomic E-state index is 12.1. The van der Waals surface area contributed by atoms with Crippen LogP contribution in [0.15, 0.2) is 0 Å². The van der Waals surface area contributed by atoms with Crippen LogP contribution in [0.25, 0.3) is 0 Å². The molecule has 1 atom stereocenters. The predicted molar refractivity (Wildman–Crippen MR) is 67.8 cm³/mol. The molecule has 1 aliphatic rings. The molecule has 6 nitrogen and oxygen atoms in total. The number of aromatic amines is 1. The molecule has 0 aliphatic carbocycles. The van der Waals surface area contributed by atoms with Gasteiger partial charge in [0.25, 0.3) is 0 Å². The summed E-state index contributed by atoms with van der Waals surface area (Å²) in [5, 5.41) is 6.89. The molecular weight excluding hydrogens is 232 g/mol. The molecule has 0 spiro atoms. The van der Waals surface area contributed by atoms with E-state index in [0.29, 0.717) is 12.4 Å². The fourth-order valence-corrected chi connectivity index (χ4v) is 2.21. The minimum atomic E-state index is -0.491. The van der Waals surface area contributed by atoms with Crippen LogP contribution in [0.5, 0.6) is 0 Å². The summed E-state index contributed by atoms with van der Waals surface area (Å²) in [5.74, 6) is 0.467. The summed E-state index contributed by atoms with van der Waals surface area (Å²) in [6, 6.07) is -0.0281. The molecule has 1 aromatic rings. The van der Waals surface area contributed by atoms with Crippen LogP contribution in [-0.4, -0.2) is 26.8 Å². The number of nitrogen functional groups attached to an aromatic ring is 1. The third-order valence-electron chi connectivity index (χ3n) is 2.98. The Morgan fingerprint density at radius 3 is 2.83 bits per heavy atom. The second-order valence-electron chi connectivity index (χ2n) is 5.53. The first-order valence-corrected chi connectivity index (χ1v) is 6.15. The molecule has 3 N–H and O–H groups in total. The fourth-order valence-electron chi connectivity index (χ4n) is 2.21. The minimum absolute atomic E-state index is 0.0281. The Morgan fingerprint density at radius 2 is 2.28 bits per heavy atom. The van der Waals surface area contributed by atoms with Gasteiger partial charge in [0, 0.05) is 5.56 Å². The van der Waals surface area contributed by atoms with Gasteiger partial charge in [-0.15, -0.1) is 0 Å². The van der Waals surface area contributed by atoms with E-state index in [9.17, 15) is 4.79 Å². The largest absolute Gasteiger partial charge is 0.444 e. The first-order valence-electron chi connectivity index (χ1n) is 6.15. The van der Waals surface area contributed by atoms with Crippen molar-refractivity contribution in [3.05, 3.63) is 11.3 Å². The Morgan fingerprint density at radius 1 is 1.61 bits per heavy atom. The number of amides is 1. The number of ether oxygens (including phenoxy) is 1. The van der Waals surface area contributed by atoms with E-state index in [-0.39, 0.29) is 12.1 Å². The van der Waals surface area contributed by atoms with E-state index in [1.807, 2.05) is 27.7 Å². The second kappa shape index (κ2) is 4.19. The lowest BCUT2D eigenvalue weighted by atomic mass is 10.1. The van der Waals surface area contributed by atoms with Gasteiger partial charge in [-0.3, -0.25) is 10.00 Å². The summed E-state index contributed by atoms with van der Waals surface area (Å²) in [5.41, 5.74) is 7.13. The summed E-state index contributed by atoms with van der Waals surface area (Å²) in [4.78, 5) is 13.8. The highest BCUT2D eigenvalue weighted by Gasteiger charge is 2.37. The van der Waals surface area contributed by atoms with Crippen molar-refractivity contribution >= 4 is 11.9 Å². The fraction of sp³-hybridized carbons (Fsp3) is 0.667. The Labute approximate surface area is 106 Å². The first kappa shape index (κ1) is 12.7. The Hall–Kier alpha value is -1.72. The van der Waals surface area contributed by atoms with Crippen molar-refractivity contribution < 1.29 is 9.53 Å². The van der Waals surface area contributed by atoms with Crippen LogP contribution in [0.4, 0.5) is 10.6 Å². The highest BCUT2D eigenvalue weighted by Crippen LogP contribution is 2.37. The van der Waals surface area contributed by atoms with E-state index in [4.69, 9.17) is 10.5 Å². The van der Waals surface area contributed by atoms with Crippen molar-refractivity contribution in [2.24, 2.45) is 0 Å². The molecule has 1 amide bonds. The molecule has 0 bridgehead atoms. The molecule has 2 rings (SSSR count). The number of fused-ring (bicyclic) bond motifs is 1. The lowest BCUT2D eigenvalue weighted by Crippen LogP contribution is -2.35. The van der Waals surface area contributed by atoms with Crippen LogP contribution in [0.3, 0.4) is 0 Å². The minimum Gasteiger partial charge on any atom is -0.444 e. The standard InChI is InChI=1S/C12H20N4O2/c1-5-8-9-7(10(13)15-14-9)6-16(8)11(17)18-12(2,3)4/h8H,5-6H2,1-4H3,(H3,13,14,15)/t8-/m1/s1. The van der Waals surface area contributed by atoms with Crippen LogP contribution < -0.4 is 5.73 Å². The molecule has 18 heavy (non-hydrogen) atoms. The number of aromatic nitrogens is 2. The lowest BCUT2D eigenvalue weighted by molar-refractivity contribution is 0.0165. The first-order chi connectivity index (χ1) is 8.33. The second-order valence-corrected chi connectivity index (χ2v) is 5.53. The van der Waals surface area contributed by atoms with Crippen molar-refractivity contribution in [1.29, 1.82) is 0 Å². The van der Waals surface area contributed by atoms with Crippen LogP contribution in [0.2, 0.25) is 0 Å². The van der Waals surface area contributed by atoms with Gasteiger partial charge in [0.2, 0.25) is 0 Å². The van der Waals surface area contributed by atoms with Gasteiger partial charge in [0.15, 0.2) is 5.82 Å². The number of carbonyl (C=O) groups excluding carboxylic acids is 1. The number of nitrogens with zero attached hydrogens (tertiary/aromatic N) is 2. The molecule has 0 radical (unpaired) electrons. The average Bonchev–Trinajstić information content (AvgIpc) is 2.76. The van der Waals surface area contributed by atoms with Gasteiger partial charge in [-0.1, -0.05) is 6.92 Å². The van der Waals surface area contributed by atoms with Gasteiger partial charge in [0.1, 0.15) is 5.60 Å². The predicted octanol–water partition coefficient (Wildman–Crippen LogP) is 2.19. The summed E-state index contributed by atoms with van der Waals surface area (Å²) in [7, 11) is 0. The molecule has 0 aromatic carbocycles. The van der Waals surface area contributed by atoms with E-state index in [1.54, 1.807) is 4.90 Å². The van der Waals surface area contributed by atoms with Crippen molar-refractivity contribution in [2.45, 2.75) is 52.3 Å². The number of carbonyl (C=O) groups is 1. The van der Waals surface area contributed by atoms with E-state index in [2.05, 4.69) is 10.2 Å². The van der Waals surface area contributed by atoms with E-state index in [0.717, 1.165) is 17.7 Å². The molecule has 0 fully saturated rings. The number of nitrogens with one attached hydrogen (secondary N) is 1. The van der Waals surface area contributed by atoms with Gasteiger partial charge in [-0.05, 0) is 27.2 Å². The molecule has 0 saturated carbocycles. The van der Waals surface area contributed by atoms with Crippen LogP contribution in [-0.2, 0) is 11.3 Å². The number of hydrogen-bond acceptors (Lipinski definition) is 4. The molecule has 1 aromatic heterocycles. The van der Waals surface area contributed by atoms with E-state index >= 15 is 0 Å². The molecule has 6 heteroatoms. The van der Waals surface area contributed by atoms with Gasteiger partial charge < -0.3 is 10.5 Å². The van der Waals surface area contributed by atoms with Gasteiger partial charge in [-0.2, -0.15) is 5.10 Å². The zero-order chi connectivity index (χ0) is 13.5. The Balaban J connectivity index is 2.20. The summed E-state index contributed by atoms with van der Waals surface area (Å²) in [6.07, 6.45) is 0.492. The third-order valence-corrected chi connectivity index (χ3v) is 2.98. The lowest BCUT2D eigenvalue weighted by Gasteiger charge is -2.28. The van der Waals surface area contributed by atoms with E-state index in [1.165, 1.54) is 0 Å². The molecule has 100 valence electrons. The summed E-state index contributed by atoms with van der Waals surface area (Å²) in [6.45, 7) is 8.06. The Kier molecular flexibility index (Phi) is 2.96. The number of H-pyrrole nitrogens is 1. The zero-order valence-corrected chi connectivity index (χ0v) is 11.3. The van der Waals surface area contributed by atoms with Crippen LogP contribution in [0, 0.1) is 0 Å². The number of anilines is 1. The smallest absolute Gasteiger partial charge is 0.411 e. The quantitative estimate of drug-likeness (QED) is 0.802. The normalized spacial score (nSPS) is 18.9. The highest BCUT2D eigenvalue weighted by atomic mass is 16.6. The third kappa shape index (κ3) is 2.14. The number of hydrogen-bond donors (Lipinski definition) is 2. The number of rotatable bonds is 1. The molecule has 2 heterocycles. The van der Waals surface area contributed by atoms with Gasteiger partial charge in [0.05, 0.1) is 18.3 Å². The maximum absolute atomic E-state index is 12.1. The van der Waals surface area contributed by atoms with E-state index < -0.39 is 5.60 Å². The van der Waals surface area contributed by atoms with Crippen LogP contribution >= 0.6 is 0 Å². The molecular formula is C12H20N4O2. The van der Waals surface area contributed by atoms with Crippen molar-refractivity contribution in [3.8, 4) is 0 Å². The van der Waals surface area contributed by atoms with Crippen LogP contribution in [0.1, 0.15) is 51.4 Å². The molecule has 0 saturated heterocycles. The number of nitrogens with two attached hydrogens (primary N) is 1. The summed E-state index contributed by atoms with van der Waals surface area (Å²) >= 11 is 0. The van der Waals surface area contributed by atoms with Crippen molar-refractivity contribution in [3.63, 3.8) is 0 Å². The molecule has 0 unspecified atom stereocenters. The Bertz CT molecular complexity index is 461. The average molecular weight is 252 g/mol.